The van der Waals surface area contributed by atoms with E-state index in [1.807, 2.05) is 6.07 Å². The largest absolute Gasteiger partial charge is 0.394 e. The number of anilines is 2. The lowest BCUT2D eigenvalue weighted by molar-refractivity contribution is 0.249. The molecule has 1 atom stereocenters. The van der Waals surface area contributed by atoms with Crippen LogP contribution in [0, 0.1) is 5.92 Å². The highest BCUT2D eigenvalue weighted by atomic mass is 16.3. The SMILES string of the molecule is CCCNc1nccc(NC(CO)C(C)C)n1. The molecule has 1 heterocycles. The van der Waals surface area contributed by atoms with Crippen LogP contribution in [-0.4, -0.2) is 34.3 Å². The second-order valence-electron chi connectivity index (χ2n) is 4.37. The van der Waals surface area contributed by atoms with Crippen molar-refractivity contribution >= 4 is 11.8 Å². The van der Waals surface area contributed by atoms with E-state index in [1.165, 1.54) is 0 Å². The smallest absolute Gasteiger partial charge is 0.224 e. The van der Waals surface area contributed by atoms with Crippen LogP contribution in [0.1, 0.15) is 27.2 Å². The van der Waals surface area contributed by atoms with Gasteiger partial charge in [0.25, 0.3) is 0 Å². The average Bonchev–Trinajstić information content (AvgIpc) is 2.33. The summed E-state index contributed by atoms with van der Waals surface area (Å²) < 4.78 is 0. The number of aliphatic hydroxyl groups excluding tert-OH is 1. The van der Waals surface area contributed by atoms with Gasteiger partial charge in [-0.2, -0.15) is 4.98 Å². The maximum atomic E-state index is 9.25. The molecule has 5 nitrogen and oxygen atoms in total. The van der Waals surface area contributed by atoms with Crippen molar-refractivity contribution in [2.45, 2.75) is 33.2 Å². The van der Waals surface area contributed by atoms with Gasteiger partial charge in [0.1, 0.15) is 5.82 Å². The van der Waals surface area contributed by atoms with Crippen molar-refractivity contribution in [3.05, 3.63) is 12.3 Å². The predicted octanol–water partition coefficient (Wildman–Crippen LogP) is 1.73. The van der Waals surface area contributed by atoms with E-state index in [0.717, 1.165) is 18.8 Å². The maximum Gasteiger partial charge on any atom is 0.224 e. The maximum absolute atomic E-state index is 9.25. The Labute approximate surface area is 103 Å². The van der Waals surface area contributed by atoms with Gasteiger partial charge in [-0.15, -0.1) is 0 Å². The Hall–Kier alpha value is -1.36. The van der Waals surface area contributed by atoms with Gasteiger partial charge in [-0.1, -0.05) is 20.8 Å². The van der Waals surface area contributed by atoms with Gasteiger partial charge in [-0.3, -0.25) is 0 Å². The Kier molecular flexibility index (Phi) is 5.69. The summed E-state index contributed by atoms with van der Waals surface area (Å²) in [6, 6.07) is 1.83. The van der Waals surface area contributed by atoms with Crippen LogP contribution in [0.3, 0.4) is 0 Å². The molecule has 0 fully saturated rings. The molecule has 1 unspecified atom stereocenters. The van der Waals surface area contributed by atoms with Crippen LogP contribution in [0.15, 0.2) is 12.3 Å². The number of rotatable bonds is 7. The highest BCUT2D eigenvalue weighted by Gasteiger charge is 2.12. The lowest BCUT2D eigenvalue weighted by atomic mass is 10.1. The van der Waals surface area contributed by atoms with E-state index >= 15 is 0 Å². The van der Waals surface area contributed by atoms with E-state index in [0.29, 0.717) is 11.9 Å². The van der Waals surface area contributed by atoms with Crippen LogP contribution in [0.5, 0.6) is 0 Å². The fraction of sp³-hybridized carbons (Fsp3) is 0.667. The molecule has 0 amide bonds. The molecule has 0 radical (unpaired) electrons. The van der Waals surface area contributed by atoms with E-state index < -0.39 is 0 Å². The fourth-order valence-electron chi connectivity index (χ4n) is 1.37. The van der Waals surface area contributed by atoms with Crippen molar-refractivity contribution in [3.63, 3.8) is 0 Å². The number of aromatic nitrogens is 2. The zero-order chi connectivity index (χ0) is 12.7. The number of aliphatic hydroxyl groups is 1. The van der Waals surface area contributed by atoms with Gasteiger partial charge in [0.05, 0.1) is 12.6 Å². The zero-order valence-corrected chi connectivity index (χ0v) is 10.8. The van der Waals surface area contributed by atoms with Crippen molar-refractivity contribution in [3.8, 4) is 0 Å². The average molecular weight is 238 g/mol. The van der Waals surface area contributed by atoms with E-state index in [4.69, 9.17) is 0 Å². The van der Waals surface area contributed by atoms with Crippen molar-refractivity contribution in [1.82, 2.24) is 9.97 Å². The van der Waals surface area contributed by atoms with Crippen LogP contribution < -0.4 is 10.6 Å². The second kappa shape index (κ2) is 7.06. The first kappa shape index (κ1) is 13.7. The fourth-order valence-corrected chi connectivity index (χ4v) is 1.37. The molecule has 3 N–H and O–H groups in total. The molecule has 0 aliphatic heterocycles. The van der Waals surface area contributed by atoms with Crippen LogP contribution in [0.2, 0.25) is 0 Å². The molecule has 0 saturated heterocycles. The van der Waals surface area contributed by atoms with Gasteiger partial charge < -0.3 is 15.7 Å². The van der Waals surface area contributed by atoms with Gasteiger partial charge >= 0.3 is 0 Å². The zero-order valence-electron chi connectivity index (χ0n) is 10.8. The van der Waals surface area contributed by atoms with Gasteiger partial charge in [0.2, 0.25) is 5.95 Å². The van der Waals surface area contributed by atoms with Crippen molar-refractivity contribution in [1.29, 1.82) is 0 Å². The summed E-state index contributed by atoms with van der Waals surface area (Å²) in [6.45, 7) is 7.17. The van der Waals surface area contributed by atoms with Gasteiger partial charge in [-0.05, 0) is 18.4 Å². The first-order valence-electron chi connectivity index (χ1n) is 6.11. The molecule has 1 aromatic rings. The Morgan fingerprint density at radius 1 is 1.41 bits per heavy atom. The van der Waals surface area contributed by atoms with Gasteiger partial charge in [0, 0.05) is 12.7 Å². The molecule has 96 valence electrons. The molecular formula is C12H22N4O. The Balaban J connectivity index is 2.64. The molecule has 17 heavy (non-hydrogen) atoms. The molecule has 0 spiro atoms. The number of hydrogen-bond donors (Lipinski definition) is 3. The Bertz CT molecular complexity index is 330. The molecule has 1 aromatic heterocycles. The lowest BCUT2D eigenvalue weighted by Crippen LogP contribution is -2.29. The molecule has 0 aliphatic carbocycles. The van der Waals surface area contributed by atoms with Crippen LogP contribution in [-0.2, 0) is 0 Å². The highest BCUT2D eigenvalue weighted by Crippen LogP contribution is 2.11. The summed E-state index contributed by atoms with van der Waals surface area (Å²) in [5, 5.41) is 15.6. The third kappa shape index (κ3) is 4.56. The van der Waals surface area contributed by atoms with Crippen LogP contribution in [0.25, 0.3) is 0 Å². The third-order valence-corrected chi connectivity index (χ3v) is 2.52. The minimum atomic E-state index is 0.0175. The van der Waals surface area contributed by atoms with Crippen LogP contribution >= 0.6 is 0 Å². The third-order valence-electron chi connectivity index (χ3n) is 2.52. The summed E-state index contributed by atoms with van der Waals surface area (Å²) in [5.74, 6) is 1.71. The number of nitrogens with one attached hydrogen (secondary N) is 2. The van der Waals surface area contributed by atoms with E-state index in [9.17, 15) is 5.11 Å². The Morgan fingerprint density at radius 2 is 2.18 bits per heavy atom. The van der Waals surface area contributed by atoms with Gasteiger partial charge in [-0.25, -0.2) is 4.98 Å². The van der Waals surface area contributed by atoms with E-state index in [1.54, 1.807) is 6.20 Å². The monoisotopic (exact) mass is 238 g/mol. The topological polar surface area (TPSA) is 70.1 Å². The summed E-state index contributed by atoms with van der Waals surface area (Å²) in [7, 11) is 0. The Morgan fingerprint density at radius 3 is 2.76 bits per heavy atom. The second-order valence-corrected chi connectivity index (χ2v) is 4.37. The lowest BCUT2D eigenvalue weighted by Gasteiger charge is -2.20. The van der Waals surface area contributed by atoms with Crippen molar-refractivity contribution < 1.29 is 5.11 Å². The predicted molar refractivity (Wildman–Crippen MR) is 70.1 cm³/mol. The molecule has 0 aromatic carbocycles. The molecule has 0 bridgehead atoms. The summed E-state index contributed by atoms with van der Waals surface area (Å²) in [5.41, 5.74) is 0. The summed E-state index contributed by atoms with van der Waals surface area (Å²) in [6.07, 6.45) is 2.74. The molecule has 1 rings (SSSR count). The quantitative estimate of drug-likeness (QED) is 0.675. The van der Waals surface area contributed by atoms with E-state index in [2.05, 4.69) is 41.4 Å². The van der Waals surface area contributed by atoms with Crippen molar-refractivity contribution in [2.75, 3.05) is 23.8 Å². The first-order chi connectivity index (χ1) is 8.17. The molecule has 0 aliphatic rings. The molecule has 0 saturated carbocycles. The van der Waals surface area contributed by atoms with Crippen molar-refractivity contribution in [2.24, 2.45) is 5.92 Å². The number of hydrogen-bond acceptors (Lipinski definition) is 5. The minimum absolute atomic E-state index is 0.0175. The highest BCUT2D eigenvalue weighted by molar-refractivity contribution is 5.40. The van der Waals surface area contributed by atoms with E-state index in [-0.39, 0.29) is 12.6 Å². The number of nitrogens with zero attached hydrogens (tertiary/aromatic N) is 2. The summed E-state index contributed by atoms with van der Waals surface area (Å²) in [4.78, 5) is 8.47. The summed E-state index contributed by atoms with van der Waals surface area (Å²) >= 11 is 0. The normalized spacial score (nSPS) is 12.5. The first-order valence-corrected chi connectivity index (χ1v) is 6.11. The van der Waals surface area contributed by atoms with Crippen LogP contribution in [0.4, 0.5) is 11.8 Å². The molecular weight excluding hydrogens is 216 g/mol. The molecule has 5 heteroatoms. The standard InChI is InChI=1S/C12H22N4O/c1-4-6-13-12-14-7-5-11(16-12)15-10(8-17)9(2)3/h5,7,9-10,17H,4,6,8H2,1-3H3,(H2,13,14,15,16). The minimum Gasteiger partial charge on any atom is -0.394 e. The van der Waals surface area contributed by atoms with Gasteiger partial charge in [0.15, 0.2) is 0 Å².